The van der Waals surface area contributed by atoms with E-state index in [1.54, 1.807) is 24.3 Å². The average molecular weight is 305 g/mol. The van der Waals surface area contributed by atoms with Crippen LogP contribution in [0.5, 0.6) is 0 Å². The molecule has 0 saturated carbocycles. The van der Waals surface area contributed by atoms with Crippen LogP contribution in [-0.4, -0.2) is 0 Å². The summed E-state index contributed by atoms with van der Waals surface area (Å²) in [4.78, 5) is 0. The van der Waals surface area contributed by atoms with Gasteiger partial charge in [-0.05, 0) is 24.1 Å². The predicted molar refractivity (Wildman–Crippen MR) is 70.1 cm³/mol. The van der Waals surface area contributed by atoms with Crippen molar-refractivity contribution in [1.82, 2.24) is 0 Å². The maximum absolute atomic E-state index is 13.6. The zero-order valence-corrected chi connectivity index (χ0v) is 11.2. The van der Waals surface area contributed by atoms with E-state index in [1.165, 1.54) is 0 Å². The number of hydrogen-bond donors (Lipinski definition) is 0. The Morgan fingerprint density at radius 3 is 2.32 bits per heavy atom. The van der Waals surface area contributed by atoms with Crippen LogP contribution in [0, 0.1) is 17.5 Å². The van der Waals surface area contributed by atoms with Crippen molar-refractivity contribution in [3.05, 3.63) is 70.0 Å². The van der Waals surface area contributed by atoms with Gasteiger partial charge in [-0.1, -0.05) is 35.9 Å². The lowest BCUT2D eigenvalue weighted by molar-refractivity contribution is 0.440. The molecule has 0 fully saturated rings. The first-order valence-corrected chi connectivity index (χ1v) is 6.33. The van der Waals surface area contributed by atoms with Crippen molar-refractivity contribution in [3.63, 3.8) is 0 Å². The highest BCUT2D eigenvalue weighted by Gasteiger charge is 2.20. The Bertz CT molecular complexity index is 599. The largest absolute Gasteiger partial charge is 0.204 e. The monoisotopic (exact) mass is 304 g/mol. The van der Waals surface area contributed by atoms with Gasteiger partial charge in [0.05, 0.1) is 5.38 Å². The summed E-state index contributed by atoms with van der Waals surface area (Å²) in [7, 11) is 0. The topological polar surface area (TPSA) is 0 Å². The molecule has 19 heavy (non-hydrogen) atoms. The molecular weight excluding hydrogens is 296 g/mol. The van der Waals surface area contributed by atoms with Crippen molar-refractivity contribution in [3.8, 4) is 0 Å². The van der Waals surface area contributed by atoms with Gasteiger partial charge in [0.2, 0.25) is 0 Å². The van der Waals surface area contributed by atoms with Crippen molar-refractivity contribution in [2.24, 2.45) is 0 Å². The molecule has 5 heteroatoms. The van der Waals surface area contributed by atoms with E-state index in [-0.39, 0.29) is 12.0 Å². The minimum Gasteiger partial charge on any atom is -0.204 e. The molecule has 1 unspecified atom stereocenters. The van der Waals surface area contributed by atoms with Gasteiger partial charge in [0, 0.05) is 10.6 Å². The molecule has 0 radical (unpaired) electrons. The Morgan fingerprint density at radius 2 is 1.63 bits per heavy atom. The van der Waals surface area contributed by atoms with Crippen LogP contribution in [0.3, 0.4) is 0 Å². The van der Waals surface area contributed by atoms with Gasteiger partial charge in [0.15, 0.2) is 17.5 Å². The second-order valence-electron chi connectivity index (χ2n) is 4.03. The maximum Gasteiger partial charge on any atom is 0.194 e. The van der Waals surface area contributed by atoms with E-state index in [0.717, 1.165) is 12.1 Å². The number of benzene rings is 2. The Hall–Kier alpha value is -1.19. The molecule has 0 saturated heterocycles. The quantitative estimate of drug-likeness (QED) is 0.534. The molecule has 100 valence electrons. The second-order valence-corrected chi connectivity index (χ2v) is 4.96. The van der Waals surface area contributed by atoms with Crippen LogP contribution in [-0.2, 0) is 6.42 Å². The minimum atomic E-state index is -1.51. The molecule has 0 aliphatic carbocycles. The average Bonchev–Trinajstić information content (AvgIpc) is 2.39. The van der Waals surface area contributed by atoms with Crippen LogP contribution in [0.25, 0.3) is 0 Å². The van der Waals surface area contributed by atoms with Gasteiger partial charge in [-0.3, -0.25) is 0 Å². The predicted octanol–water partition coefficient (Wildman–Crippen LogP) is 5.28. The summed E-state index contributed by atoms with van der Waals surface area (Å²) in [6, 6.07) is 8.95. The van der Waals surface area contributed by atoms with E-state index in [0.29, 0.717) is 10.6 Å². The van der Waals surface area contributed by atoms with Crippen molar-refractivity contribution >= 4 is 23.2 Å². The molecule has 2 aromatic carbocycles. The van der Waals surface area contributed by atoms with E-state index < -0.39 is 22.8 Å². The first kappa shape index (κ1) is 14.2. The zero-order valence-electron chi connectivity index (χ0n) is 9.64. The third-order valence-electron chi connectivity index (χ3n) is 2.76. The lowest BCUT2D eigenvalue weighted by Crippen LogP contribution is -2.03. The number of alkyl halides is 1. The van der Waals surface area contributed by atoms with Crippen molar-refractivity contribution in [2.75, 3.05) is 0 Å². The van der Waals surface area contributed by atoms with Crippen LogP contribution in [0.1, 0.15) is 16.5 Å². The molecule has 1 atom stereocenters. The standard InChI is InChI=1S/C14H9Cl2F3/c15-10-4-2-1-3-8(10)7-11(16)9-5-6-12(17)14(19)13(9)18/h1-6,11H,7H2. The summed E-state index contributed by atoms with van der Waals surface area (Å²) in [5.74, 6) is -4.00. The van der Waals surface area contributed by atoms with Gasteiger partial charge in [-0.15, -0.1) is 11.6 Å². The fraction of sp³-hybridized carbons (Fsp3) is 0.143. The van der Waals surface area contributed by atoms with Crippen LogP contribution in [0.15, 0.2) is 36.4 Å². The Kier molecular flexibility index (Phi) is 4.38. The SMILES string of the molecule is Fc1ccc(C(Cl)Cc2ccccc2Cl)c(F)c1F. The highest BCUT2D eigenvalue weighted by Crippen LogP contribution is 2.31. The van der Waals surface area contributed by atoms with Gasteiger partial charge in [0.25, 0.3) is 0 Å². The molecular formula is C14H9Cl2F3. The van der Waals surface area contributed by atoms with Crippen LogP contribution < -0.4 is 0 Å². The van der Waals surface area contributed by atoms with Crippen LogP contribution >= 0.6 is 23.2 Å². The summed E-state index contributed by atoms with van der Waals surface area (Å²) in [6.07, 6.45) is 0.225. The van der Waals surface area contributed by atoms with Gasteiger partial charge in [0.1, 0.15) is 0 Å². The molecule has 0 bridgehead atoms. The van der Waals surface area contributed by atoms with E-state index in [9.17, 15) is 13.2 Å². The number of halogens is 5. The molecule has 2 rings (SSSR count). The summed E-state index contributed by atoms with van der Waals surface area (Å²) < 4.78 is 39.6. The van der Waals surface area contributed by atoms with Crippen LogP contribution in [0.2, 0.25) is 5.02 Å². The molecule has 0 N–H and O–H groups in total. The van der Waals surface area contributed by atoms with Gasteiger partial charge in [-0.2, -0.15) is 0 Å². The smallest absolute Gasteiger partial charge is 0.194 e. The highest BCUT2D eigenvalue weighted by molar-refractivity contribution is 6.31. The molecule has 0 aliphatic heterocycles. The summed E-state index contributed by atoms with van der Waals surface area (Å²) in [5, 5.41) is -0.328. The third-order valence-corrected chi connectivity index (χ3v) is 3.52. The molecule has 0 aromatic heterocycles. The van der Waals surface area contributed by atoms with E-state index in [4.69, 9.17) is 23.2 Å². The Labute approximate surface area is 118 Å². The number of hydrogen-bond acceptors (Lipinski definition) is 0. The summed E-state index contributed by atoms with van der Waals surface area (Å²) in [6.45, 7) is 0. The third kappa shape index (κ3) is 3.04. The fourth-order valence-corrected chi connectivity index (χ4v) is 2.30. The molecule has 0 nitrogen and oxygen atoms in total. The molecule has 0 aliphatic rings. The lowest BCUT2D eigenvalue weighted by atomic mass is 10.0. The highest BCUT2D eigenvalue weighted by atomic mass is 35.5. The fourth-order valence-electron chi connectivity index (χ4n) is 1.75. The first-order chi connectivity index (χ1) is 9.00. The van der Waals surface area contributed by atoms with E-state index in [2.05, 4.69) is 0 Å². The molecule has 0 amide bonds. The van der Waals surface area contributed by atoms with Gasteiger partial charge in [-0.25, -0.2) is 13.2 Å². The van der Waals surface area contributed by atoms with Crippen molar-refractivity contribution in [1.29, 1.82) is 0 Å². The molecule has 2 aromatic rings. The normalized spacial score (nSPS) is 12.5. The molecule has 0 spiro atoms. The van der Waals surface area contributed by atoms with Gasteiger partial charge >= 0.3 is 0 Å². The second kappa shape index (κ2) is 5.85. The van der Waals surface area contributed by atoms with E-state index >= 15 is 0 Å². The van der Waals surface area contributed by atoms with Crippen molar-refractivity contribution in [2.45, 2.75) is 11.8 Å². The zero-order chi connectivity index (χ0) is 14.0. The summed E-state index contributed by atoms with van der Waals surface area (Å²) in [5.41, 5.74) is 0.633. The maximum atomic E-state index is 13.6. The minimum absolute atomic E-state index is 0.0829. The molecule has 0 heterocycles. The number of rotatable bonds is 3. The lowest BCUT2D eigenvalue weighted by Gasteiger charge is -2.12. The van der Waals surface area contributed by atoms with Crippen molar-refractivity contribution < 1.29 is 13.2 Å². The Balaban J connectivity index is 2.28. The first-order valence-electron chi connectivity index (χ1n) is 5.51. The van der Waals surface area contributed by atoms with E-state index in [1.807, 2.05) is 0 Å². The Morgan fingerprint density at radius 1 is 0.947 bits per heavy atom. The summed E-state index contributed by atoms with van der Waals surface area (Å²) >= 11 is 12.0. The van der Waals surface area contributed by atoms with Crippen LogP contribution in [0.4, 0.5) is 13.2 Å². The van der Waals surface area contributed by atoms with Gasteiger partial charge < -0.3 is 0 Å².